The molecule has 0 heterocycles. The molecule has 1 aromatic carbocycles. The summed E-state index contributed by atoms with van der Waals surface area (Å²) in [5, 5.41) is 2.89. The highest BCUT2D eigenvalue weighted by Crippen LogP contribution is 2.34. The van der Waals surface area contributed by atoms with Crippen molar-refractivity contribution in [2.45, 2.75) is 26.7 Å². The zero-order valence-corrected chi connectivity index (χ0v) is 13.2. The SMILES string of the molecule is CCC(CC)(CN)C(=O)Nc1c(Cl)cc(F)cc1Br. The molecule has 0 bridgehead atoms. The van der Waals surface area contributed by atoms with E-state index in [1.54, 1.807) is 0 Å². The van der Waals surface area contributed by atoms with E-state index in [0.717, 1.165) is 6.07 Å². The number of rotatable bonds is 5. The van der Waals surface area contributed by atoms with E-state index in [1.165, 1.54) is 6.07 Å². The summed E-state index contributed by atoms with van der Waals surface area (Å²) in [6.45, 7) is 4.08. The summed E-state index contributed by atoms with van der Waals surface area (Å²) in [5.41, 5.74) is 5.46. The van der Waals surface area contributed by atoms with Gasteiger partial charge in [0.25, 0.3) is 0 Å². The number of anilines is 1. The van der Waals surface area contributed by atoms with Crippen molar-refractivity contribution in [1.82, 2.24) is 0 Å². The Kier molecular flexibility index (Phi) is 5.77. The fourth-order valence-corrected chi connectivity index (χ4v) is 2.76. The molecule has 1 rings (SSSR count). The van der Waals surface area contributed by atoms with Gasteiger partial charge in [-0.15, -0.1) is 0 Å². The van der Waals surface area contributed by atoms with Crippen molar-refractivity contribution in [1.29, 1.82) is 0 Å². The largest absolute Gasteiger partial charge is 0.329 e. The summed E-state index contributed by atoms with van der Waals surface area (Å²) in [6, 6.07) is 2.41. The highest BCUT2D eigenvalue weighted by molar-refractivity contribution is 9.10. The van der Waals surface area contributed by atoms with E-state index in [0.29, 0.717) is 23.0 Å². The molecule has 0 atom stereocenters. The molecule has 3 nitrogen and oxygen atoms in total. The third-order valence-electron chi connectivity index (χ3n) is 3.47. The molecule has 0 aliphatic carbocycles. The van der Waals surface area contributed by atoms with Crippen LogP contribution in [-0.2, 0) is 4.79 Å². The fraction of sp³-hybridized carbons (Fsp3) is 0.462. The van der Waals surface area contributed by atoms with Crippen molar-refractivity contribution in [3.8, 4) is 0 Å². The van der Waals surface area contributed by atoms with E-state index in [2.05, 4.69) is 21.2 Å². The van der Waals surface area contributed by atoms with Crippen molar-refractivity contribution in [2.24, 2.45) is 11.1 Å². The highest BCUT2D eigenvalue weighted by atomic mass is 79.9. The van der Waals surface area contributed by atoms with Crippen molar-refractivity contribution < 1.29 is 9.18 Å². The van der Waals surface area contributed by atoms with Crippen LogP contribution in [0, 0.1) is 11.2 Å². The second kappa shape index (κ2) is 6.68. The van der Waals surface area contributed by atoms with Gasteiger partial charge in [-0.05, 0) is 40.9 Å². The smallest absolute Gasteiger partial charge is 0.231 e. The molecule has 6 heteroatoms. The molecule has 0 aromatic heterocycles. The molecule has 0 fully saturated rings. The monoisotopic (exact) mass is 350 g/mol. The minimum absolute atomic E-state index is 0.151. The van der Waals surface area contributed by atoms with Crippen LogP contribution in [0.2, 0.25) is 5.02 Å². The Morgan fingerprint density at radius 1 is 1.47 bits per heavy atom. The first-order valence-electron chi connectivity index (χ1n) is 6.06. The number of nitrogens with one attached hydrogen (secondary N) is 1. The Morgan fingerprint density at radius 3 is 2.47 bits per heavy atom. The standard InChI is InChI=1S/C13H17BrClFN2O/c1-3-13(4-2,7-17)12(19)18-11-9(14)5-8(16)6-10(11)15/h5-6H,3-4,7,17H2,1-2H3,(H,18,19). The quantitative estimate of drug-likeness (QED) is 0.844. The summed E-state index contributed by atoms with van der Waals surface area (Å²) in [7, 11) is 0. The average molecular weight is 352 g/mol. The average Bonchev–Trinajstić information content (AvgIpc) is 2.36. The molecule has 0 spiro atoms. The van der Waals surface area contributed by atoms with Gasteiger partial charge in [0.1, 0.15) is 5.82 Å². The van der Waals surface area contributed by atoms with Crippen molar-refractivity contribution in [2.75, 3.05) is 11.9 Å². The number of benzene rings is 1. The number of hydrogen-bond acceptors (Lipinski definition) is 2. The summed E-state index contributed by atoms with van der Waals surface area (Å²) in [4.78, 5) is 12.4. The van der Waals surface area contributed by atoms with Gasteiger partial charge >= 0.3 is 0 Å². The van der Waals surface area contributed by atoms with Crippen molar-refractivity contribution in [3.05, 3.63) is 27.4 Å². The first-order valence-corrected chi connectivity index (χ1v) is 7.23. The van der Waals surface area contributed by atoms with Crippen molar-refractivity contribution >= 4 is 39.1 Å². The second-order valence-electron chi connectivity index (χ2n) is 4.39. The highest BCUT2D eigenvalue weighted by Gasteiger charge is 2.34. The molecule has 1 aromatic rings. The molecule has 0 aliphatic heterocycles. The zero-order valence-electron chi connectivity index (χ0n) is 10.9. The van der Waals surface area contributed by atoms with E-state index in [9.17, 15) is 9.18 Å². The maximum atomic E-state index is 13.1. The van der Waals surface area contributed by atoms with Crippen LogP contribution in [0.4, 0.5) is 10.1 Å². The molecule has 0 aliphatic rings. The number of amides is 1. The number of nitrogens with two attached hydrogens (primary N) is 1. The van der Waals surface area contributed by atoms with Gasteiger partial charge in [-0.1, -0.05) is 25.4 Å². The van der Waals surface area contributed by atoms with Crippen LogP contribution in [0.5, 0.6) is 0 Å². The summed E-state index contributed by atoms with van der Waals surface area (Å²) in [6.07, 6.45) is 1.25. The van der Waals surface area contributed by atoms with E-state index in [-0.39, 0.29) is 17.5 Å². The first kappa shape index (κ1) is 16.4. The normalized spacial score (nSPS) is 11.5. The second-order valence-corrected chi connectivity index (χ2v) is 5.65. The van der Waals surface area contributed by atoms with Gasteiger partial charge in [0.05, 0.1) is 16.1 Å². The van der Waals surface area contributed by atoms with Crippen LogP contribution >= 0.6 is 27.5 Å². The Balaban J connectivity index is 3.06. The van der Waals surface area contributed by atoms with Crippen LogP contribution in [0.3, 0.4) is 0 Å². The van der Waals surface area contributed by atoms with Gasteiger partial charge in [-0.25, -0.2) is 4.39 Å². The van der Waals surface area contributed by atoms with E-state index in [4.69, 9.17) is 17.3 Å². The van der Waals surface area contributed by atoms with Crippen LogP contribution in [-0.4, -0.2) is 12.5 Å². The molecule has 1 amide bonds. The van der Waals surface area contributed by atoms with Crippen LogP contribution < -0.4 is 11.1 Å². The lowest BCUT2D eigenvalue weighted by Crippen LogP contribution is -2.41. The van der Waals surface area contributed by atoms with Gasteiger partial charge in [-0.2, -0.15) is 0 Å². The summed E-state index contributed by atoms with van der Waals surface area (Å²) < 4.78 is 13.5. The Hall–Kier alpha value is -0.650. The van der Waals surface area contributed by atoms with Crippen LogP contribution in [0.1, 0.15) is 26.7 Å². The Morgan fingerprint density at radius 2 is 2.05 bits per heavy atom. The Labute approximate surface area is 125 Å². The lowest BCUT2D eigenvalue weighted by Gasteiger charge is -2.29. The molecule has 106 valence electrons. The van der Waals surface area contributed by atoms with Gasteiger partial charge in [0.2, 0.25) is 5.91 Å². The number of hydrogen-bond donors (Lipinski definition) is 2. The molecular formula is C13H17BrClFN2O. The maximum Gasteiger partial charge on any atom is 0.231 e. The number of carbonyl (C=O) groups excluding carboxylic acids is 1. The first-order chi connectivity index (χ1) is 8.90. The molecule has 19 heavy (non-hydrogen) atoms. The topological polar surface area (TPSA) is 55.1 Å². The fourth-order valence-electron chi connectivity index (χ4n) is 1.86. The molecule has 3 N–H and O–H groups in total. The maximum absolute atomic E-state index is 13.1. The minimum Gasteiger partial charge on any atom is -0.329 e. The predicted octanol–water partition coefficient (Wildman–Crippen LogP) is 3.95. The molecule has 0 saturated heterocycles. The predicted molar refractivity (Wildman–Crippen MR) is 79.8 cm³/mol. The summed E-state index contributed by atoms with van der Waals surface area (Å²) >= 11 is 9.13. The lowest BCUT2D eigenvalue weighted by molar-refractivity contribution is -0.125. The van der Waals surface area contributed by atoms with E-state index >= 15 is 0 Å². The van der Waals surface area contributed by atoms with Gasteiger partial charge in [0, 0.05) is 11.0 Å². The number of halogens is 3. The third-order valence-corrected chi connectivity index (χ3v) is 4.39. The Bertz CT molecular complexity index is 446. The van der Waals surface area contributed by atoms with Gasteiger partial charge in [0.15, 0.2) is 0 Å². The third kappa shape index (κ3) is 3.46. The molecule has 0 saturated carbocycles. The zero-order chi connectivity index (χ0) is 14.6. The lowest BCUT2D eigenvalue weighted by atomic mass is 9.81. The van der Waals surface area contributed by atoms with Crippen molar-refractivity contribution in [3.63, 3.8) is 0 Å². The molecule has 0 radical (unpaired) electrons. The van der Waals surface area contributed by atoms with E-state index in [1.807, 2.05) is 13.8 Å². The van der Waals surface area contributed by atoms with Crippen LogP contribution in [0.15, 0.2) is 16.6 Å². The van der Waals surface area contributed by atoms with Gasteiger partial charge in [-0.3, -0.25) is 4.79 Å². The number of carbonyl (C=O) groups is 1. The minimum atomic E-state index is -0.628. The molecular weight excluding hydrogens is 335 g/mol. The van der Waals surface area contributed by atoms with Crippen LogP contribution in [0.25, 0.3) is 0 Å². The van der Waals surface area contributed by atoms with E-state index < -0.39 is 11.2 Å². The molecule has 0 unspecified atom stereocenters. The summed E-state index contributed by atoms with van der Waals surface area (Å²) in [5.74, 6) is -0.667. The van der Waals surface area contributed by atoms with Gasteiger partial charge < -0.3 is 11.1 Å².